The summed E-state index contributed by atoms with van der Waals surface area (Å²) in [6, 6.07) is 8.42. The zero-order chi connectivity index (χ0) is 11.5. The maximum Gasteiger partial charge on any atom is 0.185 e. The maximum atomic E-state index is 5.34. The lowest BCUT2D eigenvalue weighted by Gasteiger charge is -2.23. The molecule has 0 saturated heterocycles. The van der Waals surface area contributed by atoms with Gasteiger partial charge in [0.05, 0.1) is 6.54 Å². The van der Waals surface area contributed by atoms with Gasteiger partial charge in [-0.15, -0.1) is 0 Å². The van der Waals surface area contributed by atoms with Crippen LogP contribution in [0.15, 0.2) is 29.3 Å². The van der Waals surface area contributed by atoms with Crippen LogP contribution in [0.4, 0.5) is 0 Å². The highest BCUT2D eigenvalue weighted by Crippen LogP contribution is 2.24. The van der Waals surface area contributed by atoms with Gasteiger partial charge in [0.25, 0.3) is 0 Å². The van der Waals surface area contributed by atoms with E-state index in [1.807, 2.05) is 0 Å². The summed E-state index contributed by atoms with van der Waals surface area (Å²) in [5.41, 5.74) is 13.2. The second-order valence-electron chi connectivity index (χ2n) is 4.49. The Labute approximate surface area is 91.2 Å². The van der Waals surface area contributed by atoms with Crippen molar-refractivity contribution in [3.8, 4) is 0 Å². The first-order chi connectivity index (χ1) is 6.92. The molecule has 0 unspecified atom stereocenters. The highest BCUT2D eigenvalue weighted by atomic mass is 15.0. The number of hydrogen-bond donors (Lipinski definition) is 2. The summed E-state index contributed by atoms with van der Waals surface area (Å²) in [6.07, 6.45) is 0. The van der Waals surface area contributed by atoms with Crippen LogP contribution >= 0.6 is 0 Å². The van der Waals surface area contributed by atoms with Gasteiger partial charge in [-0.25, -0.2) is 0 Å². The van der Waals surface area contributed by atoms with Crippen molar-refractivity contribution in [2.75, 3.05) is 6.54 Å². The second kappa shape index (κ2) is 4.34. The van der Waals surface area contributed by atoms with Crippen molar-refractivity contribution in [1.82, 2.24) is 0 Å². The van der Waals surface area contributed by atoms with Gasteiger partial charge in [-0.3, -0.25) is 4.99 Å². The molecule has 15 heavy (non-hydrogen) atoms. The first kappa shape index (κ1) is 11.6. The van der Waals surface area contributed by atoms with Crippen molar-refractivity contribution >= 4 is 5.96 Å². The lowest BCUT2D eigenvalue weighted by atomic mass is 9.84. The summed E-state index contributed by atoms with van der Waals surface area (Å²) in [4.78, 5) is 4.07. The molecular formula is C12H19N3. The molecule has 0 radical (unpaired) electrons. The Morgan fingerprint density at radius 2 is 2.00 bits per heavy atom. The summed E-state index contributed by atoms with van der Waals surface area (Å²) in [7, 11) is 0. The molecule has 0 aromatic heterocycles. The van der Waals surface area contributed by atoms with E-state index in [9.17, 15) is 0 Å². The van der Waals surface area contributed by atoms with Crippen molar-refractivity contribution in [3.05, 3.63) is 35.4 Å². The predicted molar refractivity (Wildman–Crippen MR) is 64.9 cm³/mol. The topological polar surface area (TPSA) is 64.4 Å². The molecule has 0 aliphatic rings. The van der Waals surface area contributed by atoms with E-state index in [1.165, 1.54) is 11.1 Å². The molecule has 1 aromatic rings. The number of aliphatic imine (C=N–C) groups is 1. The molecule has 0 saturated carbocycles. The van der Waals surface area contributed by atoms with Crippen LogP contribution in [0.25, 0.3) is 0 Å². The molecule has 0 heterocycles. The lowest BCUT2D eigenvalue weighted by Crippen LogP contribution is -2.28. The number of benzene rings is 1. The minimum absolute atomic E-state index is 0.0317. The van der Waals surface area contributed by atoms with Crippen LogP contribution in [0, 0.1) is 6.92 Å². The van der Waals surface area contributed by atoms with Crippen LogP contribution < -0.4 is 11.5 Å². The van der Waals surface area contributed by atoms with Gasteiger partial charge in [0.2, 0.25) is 0 Å². The average Bonchev–Trinajstić information content (AvgIpc) is 2.15. The molecule has 0 amide bonds. The van der Waals surface area contributed by atoms with E-state index in [2.05, 4.69) is 50.0 Å². The van der Waals surface area contributed by atoms with E-state index in [1.54, 1.807) is 0 Å². The number of nitrogens with two attached hydrogens (primary N) is 2. The number of hydrogen-bond acceptors (Lipinski definition) is 1. The lowest BCUT2D eigenvalue weighted by molar-refractivity contribution is 0.539. The predicted octanol–water partition coefficient (Wildman–Crippen LogP) is 1.55. The summed E-state index contributed by atoms with van der Waals surface area (Å²) in [6.45, 7) is 6.96. The van der Waals surface area contributed by atoms with Gasteiger partial charge in [-0.2, -0.15) is 0 Å². The largest absolute Gasteiger partial charge is 0.370 e. The molecule has 0 spiro atoms. The zero-order valence-corrected chi connectivity index (χ0v) is 9.62. The number of guanidine groups is 1. The van der Waals surface area contributed by atoms with Crippen LogP contribution in [0.3, 0.4) is 0 Å². The molecule has 0 fully saturated rings. The third-order valence-corrected chi connectivity index (χ3v) is 2.46. The minimum Gasteiger partial charge on any atom is -0.370 e. The molecule has 82 valence electrons. The standard InChI is InChI=1S/C12H19N3/c1-9-5-4-6-10(7-9)12(2,3)8-15-11(13)14/h4-7H,8H2,1-3H3,(H4,13,14,15). The van der Waals surface area contributed by atoms with E-state index in [4.69, 9.17) is 11.5 Å². The number of nitrogens with zero attached hydrogens (tertiary/aromatic N) is 1. The third-order valence-electron chi connectivity index (χ3n) is 2.46. The van der Waals surface area contributed by atoms with Crippen LogP contribution in [-0.4, -0.2) is 12.5 Å². The normalized spacial score (nSPS) is 11.1. The molecule has 0 atom stereocenters. The summed E-state index contributed by atoms with van der Waals surface area (Å²) >= 11 is 0. The quantitative estimate of drug-likeness (QED) is 0.581. The molecule has 0 bridgehead atoms. The van der Waals surface area contributed by atoms with E-state index in [-0.39, 0.29) is 11.4 Å². The van der Waals surface area contributed by atoms with Crippen molar-refractivity contribution in [2.24, 2.45) is 16.5 Å². The number of aryl methyl sites for hydroxylation is 1. The molecule has 3 heteroatoms. The van der Waals surface area contributed by atoms with Crippen molar-refractivity contribution in [3.63, 3.8) is 0 Å². The molecule has 4 N–H and O–H groups in total. The molecular weight excluding hydrogens is 186 g/mol. The van der Waals surface area contributed by atoms with Crippen LogP contribution in [-0.2, 0) is 5.41 Å². The first-order valence-corrected chi connectivity index (χ1v) is 5.04. The van der Waals surface area contributed by atoms with Crippen LogP contribution in [0.5, 0.6) is 0 Å². The highest BCUT2D eigenvalue weighted by molar-refractivity contribution is 5.75. The van der Waals surface area contributed by atoms with Crippen molar-refractivity contribution < 1.29 is 0 Å². The SMILES string of the molecule is Cc1cccc(C(C)(C)CN=C(N)N)c1. The Bertz CT molecular complexity index is 363. The van der Waals surface area contributed by atoms with Gasteiger partial charge >= 0.3 is 0 Å². The monoisotopic (exact) mass is 205 g/mol. The molecule has 0 aliphatic heterocycles. The Hall–Kier alpha value is -1.51. The Morgan fingerprint density at radius 3 is 2.53 bits per heavy atom. The Kier molecular flexibility index (Phi) is 3.35. The smallest absolute Gasteiger partial charge is 0.185 e. The number of rotatable bonds is 3. The summed E-state index contributed by atoms with van der Waals surface area (Å²) in [5, 5.41) is 0. The van der Waals surface area contributed by atoms with Crippen LogP contribution in [0.1, 0.15) is 25.0 Å². The minimum atomic E-state index is -0.0317. The summed E-state index contributed by atoms with van der Waals surface area (Å²) < 4.78 is 0. The molecule has 0 aliphatic carbocycles. The van der Waals surface area contributed by atoms with E-state index >= 15 is 0 Å². The van der Waals surface area contributed by atoms with Gasteiger partial charge in [0, 0.05) is 5.41 Å². The summed E-state index contributed by atoms with van der Waals surface area (Å²) in [5.74, 6) is 0.149. The van der Waals surface area contributed by atoms with Gasteiger partial charge < -0.3 is 11.5 Å². The van der Waals surface area contributed by atoms with Gasteiger partial charge in [0.1, 0.15) is 0 Å². The maximum absolute atomic E-state index is 5.34. The van der Waals surface area contributed by atoms with Gasteiger partial charge in [0.15, 0.2) is 5.96 Å². The Balaban J connectivity index is 2.90. The fourth-order valence-electron chi connectivity index (χ4n) is 1.45. The molecule has 1 rings (SSSR count). The highest BCUT2D eigenvalue weighted by Gasteiger charge is 2.19. The van der Waals surface area contributed by atoms with Crippen molar-refractivity contribution in [1.29, 1.82) is 0 Å². The van der Waals surface area contributed by atoms with E-state index < -0.39 is 0 Å². The van der Waals surface area contributed by atoms with Gasteiger partial charge in [-0.1, -0.05) is 43.7 Å². The average molecular weight is 205 g/mol. The fourth-order valence-corrected chi connectivity index (χ4v) is 1.45. The fraction of sp³-hybridized carbons (Fsp3) is 0.417. The van der Waals surface area contributed by atoms with Gasteiger partial charge in [-0.05, 0) is 12.5 Å². The zero-order valence-electron chi connectivity index (χ0n) is 9.62. The third kappa shape index (κ3) is 3.27. The van der Waals surface area contributed by atoms with E-state index in [0.29, 0.717) is 6.54 Å². The van der Waals surface area contributed by atoms with E-state index in [0.717, 1.165) is 0 Å². The first-order valence-electron chi connectivity index (χ1n) is 5.04. The molecule has 3 nitrogen and oxygen atoms in total. The Morgan fingerprint density at radius 1 is 1.33 bits per heavy atom. The second-order valence-corrected chi connectivity index (χ2v) is 4.49. The molecule has 1 aromatic carbocycles. The van der Waals surface area contributed by atoms with Crippen molar-refractivity contribution in [2.45, 2.75) is 26.2 Å². The van der Waals surface area contributed by atoms with Crippen LogP contribution in [0.2, 0.25) is 0 Å².